The van der Waals surface area contributed by atoms with Crippen molar-refractivity contribution in [2.24, 2.45) is 4.99 Å². The van der Waals surface area contributed by atoms with Gasteiger partial charge in [0.1, 0.15) is 5.76 Å². The summed E-state index contributed by atoms with van der Waals surface area (Å²) in [5.74, 6) is 1.67. The average Bonchev–Trinajstić information content (AvgIpc) is 3.02. The van der Waals surface area contributed by atoms with Gasteiger partial charge in [-0.25, -0.2) is 0 Å². The summed E-state index contributed by atoms with van der Waals surface area (Å²) in [7, 11) is 1.76. The van der Waals surface area contributed by atoms with E-state index in [1.165, 1.54) is 4.88 Å². The molecule has 0 aliphatic heterocycles. The number of guanidine groups is 1. The van der Waals surface area contributed by atoms with E-state index in [0.717, 1.165) is 18.3 Å². The summed E-state index contributed by atoms with van der Waals surface area (Å²) < 4.78 is 5.24. The highest BCUT2D eigenvalue weighted by atomic mass is 32.1. The Bertz CT molecular complexity index is 408. The van der Waals surface area contributed by atoms with Crippen molar-refractivity contribution in [1.29, 1.82) is 0 Å². The maximum atomic E-state index is 5.24. The topological polar surface area (TPSA) is 49.6 Å². The molecular weight excluding hydrogens is 234 g/mol. The zero-order valence-corrected chi connectivity index (χ0v) is 10.5. The van der Waals surface area contributed by atoms with Crippen LogP contribution in [0.25, 0.3) is 0 Å². The fourth-order valence-electron chi connectivity index (χ4n) is 1.39. The molecule has 0 unspecified atom stereocenters. The Morgan fingerprint density at radius 1 is 1.29 bits per heavy atom. The van der Waals surface area contributed by atoms with Gasteiger partial charge in [0.15, 0.2) is 5.96 Å². The Morgan fingerprint density at radius 3 is 2.82 bits per heavy atom. The van der Waals surface area contributed by atoms with E-state index < -0.39 is 0 Å². The summed E-state index contributed by atoms with van der Waals surface area (Å²) in [6, 6.07) is 7.94. The van der Waals surface area contributed by atoms with E-state index >= 15 is 0 Å². The monoisotopic (exact) mass is 249 g/mol. The fraction of sp³-hybridized carbons (Fsp3) is 0.250. The molecule has 17 heavy (non-hydrogen) atoms. The van der Waals surface area contributed by atoms with Crippen LogP contribution in [0.15, 0.2) is 45.3 Å². The molecule has 0 atom stereocenters. The first-order valence-electron chi connectivity index (χ1n) is 5.38. The summed E-state index contributed by atoms with van der Waals surface area (Å²) in [6.45, 7) is 1.42. The molecule has 90 valence electrons. The number of furan rings is 1. The van der Waals surface area contributed by atoms with Crippen LogP contribution in [-0.2, 0) is 13.1 Å². The Morgan fingerprint density at radius 2 is 2.18 bits per heavy atom. The lowest BCUT2D eigenvalue weighted by molar-refractivity contribution is 0.501. The quantitative estimate of drug-likeness (QED) is 0.645. The molecule has 0 saturated carbocycles. The van der Waals surface area contributed by atoms with Crippen LogP contribution < -0.4 is 10.6 Å². The maximum absolute atomic E-state index is 5.24. The van der Waals surface area contributed by atoms with Gasteiger partial charge in [0.25, 0.3) is 0 Å². The molecule has 2 heterocycles. The first-order valence-corrected chi connectivity index (χ1v) is 6.26. The molecular formula is C12H15N3OS. The normalized spacial score (nSPS) is 11.5. The maximum Gasteiger partial charge on any atom is 0.191 e. The first kappa shape index (κ1) is 11.7. The third kappa shape index (κ3) is 3.64. The molecule has 0 saturated heterocycles. The molecule has 0 spiro atoms. The van der Waals surface area contributed by atoms with Gasteiger partial charge in [-0.05, 0) is 23.6 Å². The second-order valence-electron chi connectivity index (χ2n) is 3.44. The Balaban J connectivity index is 1.77. The minimum atomic E-state index is 0.636. The van der Waals surface area contributed by atoms with Crippen molar-refractivity contribution in [2.75, 3.05) is 7.05 Å². The van der Waals surface area contributed by atoms with Gasteiger partial charge in [0.2, 0.25) is 0 Å². The molecule has 0 radical (unpaired) electrons. The summed E-state index contributed by atoms with van der Waals surface area (Å²) >= 11 is 1.73. The van der Waals surface area contributed by atoms with Crippen molar-refractivity contribution in [3.8, 4) is 0 Å². The molecule has 0 aromatic carbocycles. The van der Waals surface area contributed by atoms with Crippen LogP contribution in [0.5, 0.6) is 0 Å². The van der Waals surface area contributed by atoms with Crippen LogP contribution in [-0.4, -0.2) is 13.0 Å². The largest absolute Gasteiger partial charge is 0.467 e. The van der Waals surface area contributed by atoms with Gasteiger partial charge in [-0.2, -0.15) is 0 Å². The van der Waals surface area contributed by atoms with Crippen LogP contribution in [0.3, 0.4) is 0 Å². The SMILES string of the molecule is CN=C(NCc1ccco1)NCc1cccs1. The van der Waals surface area contributed by atoms with Gasteiger partial charge in [0.05, 0.1) is 19.4 Å². The molecule has 0 aliphatic rings. The predicted molar refractivity (Wildman–Crippen MR) is 70.1 cm³/mol. The van der Waals surface area contributed by atoms with Gasteiger partial charge in [-0.3, -0.25) is 4.99 Å². The van der Waals surface area contributed by atoms with Gasteiger partial charge >= 0.3 is 0 Å². The molecule has 0 fully saturated rings. The van der Waals surface area contributed by atoms with Crippen LogP contribution in [0.4, 0.5) is 0 Å². The minimum Gasteiger partial charge on any atom is -0.467 e. The third-order valence-corrected chi connectivity index (χ3v) is 3.12. The van der Waals surface area contributed by atoms with Crippen molar-refractivity contribution in [1.82, 2.24) is 10.6 Å². The van der Waals surface area contributed by atoms with Crippen LogP contribution in [0.2, 0.25) is 0 Å². The Hall–Kier alpha value is -1.75. The van der Waals surface area contributed by atoms with Crippen molar-refractivity contribution in [3.05, 3.63) is 46.5 Å². The second kappa shape index (κ2) is 6.10. The van der Waals surface area contributed by atoms with Gasteiger partial charge < -0.3 is 15.1 Å². The smallest absolute Gasteiger partial charge is 0.191 e. The van der Waals surface area contributed by atoms with Crippen molar-refractivity contribution in [3.63, 3.8) is 0 Å². The summed E-state index contributed by atoms with van der Waals surface area (Å²) in [5.41, 5.74) is 0. The molecule has 0 amide bonds. The highest BCUT2D eigenvalue weighted by Gasteiger charge is 2.00. The fourth-order valence-corrected chi connectivity index (χ4v) is 2.03. The van der Waals surface area contributed by atoms with Crippen molar-refractivity contribution >= 4 is 17.3 Å². The van der Waals surface area contributed by atoms with Gasteiger partial charge in [0, 0.05) is 11.9 Å². The van der Waals surface area contributed by atoms with E-state index in [4.69, 9.17) is 4.42 Å². The van der Waals surface area contributed by atoms with E-state index in [-0.39, 0.29) is 0 Å². The highest BCUT2D eigenvalue weighted by molar-refractivity contribution is 7.09. The van der Waals surface area contributed by atoms with E-state index in [0.29, 0.717) is 6.54 Å². The molecule has 2 N–H and O–H groups in total. The van der Waals surface area contributed by atoms with E-state index in [9.17, 15) is 0 Å². The van der Waals surface area contributed by atoms with Crippen LogP contribution >= 0.6 is 11.3 Å². The zero-order chi connectivity index (χ0) is 11.9. The lowest BCUT2D eigenvalue weighted by atomic mass is 10.4. The van der Waals surface area contributed by atoms with Gasteiger partial charge in [-0.1, -0.05) is 6.07 Å². The van der Waals surface area contributed by atoms with Crippen molar-refractivity contribution < 1.29 is 4.42 Å². The standard InChI is InChI=1S/C12H15N3OS/c1-13-12(14-8-10-4-2-6-16-10)15-9-11-5-3-7-17-11/h2-7H,8-9H2,1H3,(H2,13,14,15). The summed E-state index contributed by atoms with van der Waals surface area (Å²) in [6.07, 6.45) is 1.67. The third-order valence-electron chi connectivity index (χ3n) is 2.24. The van der Waals surface area contributed by atoms with Crippen LogP contribution in [0, 0.1) is 0 Å². The van der Waals surface area contributed by atoms with Crippen LogP contribution in [0.1, 0.15) is 10.6 Å². The molecule has 0 aliphatic carbocycles. The number of rotatable bonds is 4. The molecule has 2 rings (SSSR count). The van der Waals surface area contributed by atoms with E-state index in [1.54, 1.807) is 24.6 Å². The minimum absolute atomic E-state index is 0.636. The molecule has 4 nitrogen and oxygen atoms in total. The average molecular weight is 249 g/mol. The lowest BCUT2D eigenvalue weighted by Gasteiger charge is -2.09. The number of nitrogens with zero attached hydrogens (tertiary/aromatic N) is 1. The summed E-state index contributed by atoms with van der Waals surface area (Å²) in [4.78, 5) is 5.43. The van der Waals surface area contributed by atoms with Gasteiger partial charge in [-0.15, -0.1) is 11.3 Å². The first-order chi connectivity index (χ1) is 8.38. The summed E-state index contributed by atoms with van der Waals surface area (Å²) in [5, 5.41) is 8.49. The van der Waals surface area contributed by atoms with E-state index in [1.807, 2.05) is 18.2 Å². The lowest BCUT2D eigenvalue weighted by Crippen LogP contribution is -2.36. The molecule has 2 aromatic heterocycles. The number of hydrogen-bond acceptors (Lipinski definition) is 3. The molecule has 0 bridgehead atoms. The number of aliphatic imine (C=N–C) groups is 1. The Labute approximate surface area is 104 Å². The highest BCUT2D eigenvalue weighted by Crippen LogP contribution is 2.07. The Kier molecular flexibility index (Phi) is 4.21. The number of thiophene rings is 1. The zero-order valence-electron chi connectivity index (χ0n) is 9.64. The van der Waals surface area contributed by atoms with E-state index in [2.05, 4.69) is 27.1 Å². The second-order valence-corrected chi connectivity index (χ2v) is 4.47. The molecule has 2 aromatic rings. The predicted octanol–water partition coefficient (Wildman–Crippen LogP) is 2.21. The number of nitrogens with one attached hydrogen (secondary N) is 2. The number of hydrogen-bond donors (Lipinski definition) is 2. The molecule has 5 heteroatoms. The van der Waals surface area contributed by atoms with Crippen molar-refractivity contribution in [2.45, 2.75) is 13.1 Å².